The van der Waals surface area contributed by atoms with E-state index in [0.717, 1.165) is 5.69 Å². The van der Waals surface area contributed by atoms with Crippen LogP contribution in [0.5, 0.6) is 5.75 Å². The van der Waals surface area contributed by atoms with Crippen LogP contribution in [0.4, 0.5) is 17.6 Å². The lowest BCUT2D eigenvalue weighted by Crippen LogP contribution is -2.05. The summed E-state index contributed by atoms with van der Waals surface area (Å²) in [6, 6.07) is 14.0. The van der Waals surface area contributed by atoms with E-state index in [1.165, 1.54) is 6.07 Å². The fourth-order valence-electron chi connectivity index (χ4n) is 1.91. The molecule has 0 aliphatic carbocycles. The average Bonchev–Trinajstić information content (AvgIpc) is 2.50. The SMILES string of the molecule is Nc1nc(Nc2ccccc2)nc(-c2cc(Cl)ccc2O)n1. The number of nitrogen functional groups attached to an aromatic ring is 1. The van der Waals surface area contributed by atoms with Crippen molar-refractivity contribution in [2.75, 3.05) is 11.1 Å². The van der Waals surface area contributed by atoms with Crippen LogP contribution in [0.3, 0.4) is 0 Å². The average molecular weight is 314 g/mol. The van der Waals surface area contributed by atoms with Crippen molar-refractivity contribution in [1.82, 2.24) is 15.0 Å². The second-order valence-corrected chi connectivity index (χ2v) is 4.93. The second kappa shape index (κ2) is 5.87. The molecule has 6 nitrogen and oxygen atoms in total. The highest BCUT2D eigenvalue weighted by Crippen LogP contribution is 2.30. The zero-order valence-electron chi connectivity index (χ0n) is 11.4. The molecule has 0 unspecified atom stereocenters. The van der Waals surface area contributed by atoms with E-state index >= 15 is 0 Å². The van der Waals surface area contributed by atoms with Crippen LogP contribution in [0.2, 0.25) is 5.02 Å². The Morgan fingerprint density at radius 2 is 1.77 bits per heavy atom. The standard InChI is InChI=1S/C15H12ClN5O/c16-9-6-7-12(22)11(8-9)13-19-14(17)21-15(20-13)18-10-4-2-1-3-5-10/h1-8,22H,(H3,17,18,19,20,21). The monoisotopic (exact) mass is 313 g/mol. The minimum Gasteiger partial charge on any atom is -0.507 e. The number of rotatable bonds is 3. The quantitative estimate of drug-likeness (QED) is 0.687. The van der Waals surface area contributed by atoms with Crippen molar-refractivity contribution >= 4 is 29.2 Å². The molecule has 0 saturated carbocycles. The van der Waals surface area contributed by atoms with Crippen LogP contribution in [0.15, 0.2) is 48.5 Å². The first-order valence-corrected chi connectivity index (χ1v) is 6.82. The van der Waals surface area contributed by atoms with Gasteiger partial charge < -0.3 is 16.2 Å². The van der Waals surface area contributed by atoms with Gasteiger partial charge in [-0.15, -0.1) is 0 Å². The van der Waals surface area contributed by atoms with Gasteiger partial charge in [-0.25, -0.2) is 0 Å². The number of benzene rings is 2. The molecule has 1 heterocycles. The summed E-state index contributed by atoms with van der Waals surface area (Å²) in [6.07, 6.45) is 0. The molecule has 3 aromatic rings. The lowest BCUT2D eigenvalue weighted by molar-refractivity contribution is 0.477. The predicted octanol–water partition coefficient (Wildman–Crippen LogP) is 3.22. The number of para-hydroxylation sites is 1. The van der Waals surface area contributed by atoms with Gasteiger partial charge in [-0.2, -0.15) is 15.0 Å². The van der Waals surface area contributed by atoms with E-state index < -0.39 is 0 Å². The largest absolute Gasteiger partial charge is 0.507 e. The summed E-state index contributed by atoms with van der Waals surface area (Å²) in [6.45, 7) is 0. The molecule has 0 aliphatic heterocycles. The van der Waals surface area contributed by atoms with E-state index in [9.17, 15) is 5.11 Å². The smallest absolute Gasteiger partial charge is 0.232 e. The van der Waals surface area contributed by atoms with Crippen molar-refractivity contribution in [3.05, 3.63) is 53.6 Å². The van der Waals surface area contributed by atoms with Gasteiger partial charge in [0, 0.05) is 10.7 Å². The highest BCUT2D eigenvalue weighted by Gasteiger charge is 2.11. The Hall–Kier alpha value is -2.86. The number of aromatic nitrogens is 3. The van der Waals surface area contributed by atoms with Gasteiger partial charge in [0.05, 0.1) is 5.56 Å². The van der Waals surface area contributed by atoms with Crippen LogP contribution in [0.1, 0.15) is 0 Å². The molecule has 0 radical (unpaired) electrons. The number of nitrogens with one attached hydrogen (secondary N) is 1. The van der Waals surface area contributed by atoms with E-state index in [1.807, 2.05) is 30.3 Å². The molecule has 22 heavy (non-hydrogen) atoms. The minimum absolute atomic E-state index is 0.0145. The van der Waals surface area contributed by atoms with Crippen LogP contribution in [0.25, 0.3) is 11.4 Å². The molecular formula is C15H12ClN5O. The minimum atomic E-state index is 0.0145. The fourth-order valence-corrected chi connectivity index (χ4v) is 2.08. The highest BCUT2D eigenvalue weighted by molar-refractivity contribution is 6.30. The van der Waals surface area contributed by atoms with Crippen molar-refractivity contribution in [3.63, 3.8) is 0 Å². The Morgan fingerprint density at radius 1 is 1.00 bits per heavy atom. The van der Waals surface area contributed by atoms with Crippen LogP contribution in [0, 0.1) is 0 Å². The van der Waals surface area contributed by atoms with E-state index in [0.29, 0.717) is 10.6 Å². The van der Waals surface area contributed by atoms with Crippen molar-refractivity contribution in [2.24, 2.45) is 0 Å². The van der Waals surface area contributed by atoms with Crippen molar-refractivity contribution in [3.8, 4) is 17.1 Å². The maximum Gasteiger partial charge on any atom is 0.232 e. The Labute approximate surface area is 131 Å². The third kappa shape index (κ3) is 3.07. The van der Waals surface area contributed by atoms with E-state index in [4.69, 9.17) is 17.3 Å². The van der Waals surface area contributed by atoms with E-state index in [1.54, 1.807) is 12.1 Å². The van der Waals surface area contributed by atoms with Crippen molar-refractivity contribution < 1.29 is 5.11 Å². The third-order valence-corrected chi connectivity index (χ3v) is 3.12. The molecule has 0 saturated heterocycles. The number of aromatic hydroxyl groups is 1. The van der Waals surface area contributed by atoms with Gasteiger partial charge in [-0.1, -0.05) is 29.8 Å². The summed E-state index contributed by atoms with van der Waals surface area (Å²) in [7, 11) is 0. The lowest BCUT2D eigenvalue weighted by Gasteiger charge is -2.08. The number of phenolic OH excluding ortho intramolecular Hbond substituents is 1. The highest BCUT2D eigenvalue weighted by atomic mass is 35.5. The maximum atomic E-state index is 9.94. The molecule has 0 fully saturated rings. The van der Waals surface area contributed by atoms with Crippen LogP contribution in [-0.4, -0.2) is 20.1 Å². The molecular weight excluding hydrogens is 302 g/mol. The number of hydrogen-bond donors (Lipinski definition) is 3. The predicted molar refractivity (Wildman–Crippen MR) is 86.1 cm³/mol. The van der Waals surface area contributed by atoms with Crippen molar-refractivity contribution in [2.45, 2.75) is 0 Å². The molecule has 0 atom stereocenters. The lowest BCUT2D eigenvalue weighted by atomic mass is 10.2. The Kier molecular flexibility index (Phi) is 3.76. The first-order valence-electron chi connectivity index (χ1n) is 6.44. The van der Waals surface area contributed by atoms with Gasteiger partial charge >= 0.3 is 0 Å². The topological polar surface area (TPSA) is 97.0 Å². The first-order chi connectivity index (χ1) is 10.6. The molecule has 0 amide bonds. The van der Waals surface area contributed by atoms with Crippen LogP contribution in [-0.2, 0) is 0 Å². The zero-order valence-corrected chi connectivity index (χ0v) is 12.1. The van der Waals surface area contributed by atoms with Gasteiger partial charge in [-0.3, -0.25) is 0 Å². The number of halogens is 1. The van der Waals surface area contributed by atoms with E-state index in [2.05, 4.69) is 20.3 Å². The molecule has 0 bridgehead atoms. The van der Waals surface area contributed by atoms with Gasteiger partial charge in [0.1, 0.15) is 5.75 Å². The molecule has 7 heteroatoms. The zero-order chi connectivity index (χ0) is 15.5. The summed E-state index contributed by atoms with van der Waals surface area (Å²) in [5.41, 5.74) is 6.92. The van der Waals surface area contributed by atoms with Crippen LogP contribution >= 0.6 is 11.6 Å². The number of nitrogens with zero attached hydrogens (tertiary/aromatic N) is 3. The van der Waals surface area contributed by atoms with Gasteiger partial charge in [0.15, 0.2) is 5.82 Å². The van der Waals surface area contributed by atoms with Gasteiger partial charge in [-0.05, 0) is 30.3 Å². The molecule has 1 aromatic heterocycles. The first kappa shape index (κ1) is 14.1. The number of nitrogens with two attached hydrogens (primary N) is 1. The van der Waals surface area contributed by atoms with Crippen molar-refractivity contribution in [1.29, 1.82) is 0 Å². The Morgan fingerprint density at radius 3 is 2.55 bits per heavy atom. The third-order valence-electron chi connectivity index (χ3n) is 2.88. The number of anilines is 3. The molecule has 110 valence electrons. The normalized spacial score (nSPS) is 10.4. The number of phenols is 1. The van der Waals surface area contributed by atoms with E-state index in [-0.39, 0.29) is 23.5 Å². The molecule has 2 aromatic carbocycles. The van der Waals surface area contributed by atoms with Gasteiger partial charge in [0.2, 0.25) is 11.9 Å². The number of hydrogen-bond acceptors (Lipinski definition) is 6. The maximum absolute atomic E-state index is 9.94. The van der Waals surface area contributed by atoms with Crippen LogP contribution < -0.4 is 11.1 Å². The summed E-state index contributed by atoms with van der Waals surface area (Å²) in [5.74, 6) is 0.586. The summed E-state index contributed by atoms with van der Waals surface area (Å²) in [4.78, 5) is 12.4. The molecule has 4 N–H and O–H groups in total. The molecule has 3 rings (SSSR count). The van der Waals surface area contributed by atoms with Gasteiger partial charge in [0.25, 0.3) is 0 Å². The summed E-state index contributed by atoms with van der Waals surface area (Å²) in [5, 5.41) is 13.4. The summed E-state index contributed by atoms with van der Waals surface area (Å²) < 4.78 is 0. The Bertz CT molecular complexity index is 810. The second-order valence-electron chi connectivity index (χ2n) is 4.49. The summed E-state index contributed by atoms with van der Waals surface area (Å²) >= 11 is 5.95. The molecule has 0 spiro atoms. The molecule has 0 aliphatic rings. The fraction of sp³-hybridized carbons (Fsp3) is 0. The Balaban J connectivity index is 2.01.